The van der Waals surface area contributed by atoms with Gasteiger partial charge < -0.3 is 15.1 Å². The number of hydrogen-bond donors (Lipinski definition) is 1. The molecule has 1 aromatic carbocycles. The van der Waals surface area contributed by atoms with Gasteiger partial charge in [-0.2, -0.15) is 0 Å². The van der Waals surface area contributed by atoms with Gasteiger partial charge in [0, 0.05) is 31.9 Å². The molecule has 1 aliphatic rings. The fourth-order valence-electron chi connectivity index (χ4n) is 3.06. The van der Waals surface area contributed by atoms with Crippen LogP contribution in [0, 0.1) is 12.7 Å². The number of nitrogens with one attached hydrogen (secondary N) is 1. The molecule has 1 N–H and O–H groups in total. The second-order valence-corrected chi connectivity index (χ2v) is 7.57. The van der Waals surface area contributed by atoms with Gasteiger partial charge in [-0.15, -0.1) is 21.5 Å². The van der Waals surface area contributed by atoms with Crippen molar-refractivity contribution in [3.05, 3.63) is 59.2 Å². The van der Waals surface area contributed by atoms with E-state index in [9.17, 15) is 9.18 Å². The van der Waals surface area contributed by atoms with E-state index >= 15 is 0 Å². The van der Waals surface area contributed by atoms with Gasteiger partial charge in [0.25, 0.3) is 0 Å². The first-order valence-corrected chi connectivity index (χ1v) is 9.93. The van der Waals surface area contributed by atoms with Crippen molar-refractivity contribution in [1.29, 1.82) is 0 Å². The summed E-state index contributed by atoms with van der Waals surface area (Å²) in [5.41, 5.74) is 1.88. The highest BCUT2D eigenvalue weighted by Gasteiger charge is 2.22. The van der Waals surface area contributed by atoms with Gasteiger partial charge in [-0.05, 0) is 48.2 Å². The van der Waals surface area contributed by atoms with Gasteiger partial charge in [-0.25, -0.2) is 9.18 Å². The average molecular weight is 397 g/mol. The molecule has 1 saturated heterocycles. The Labute approximate surface area is 166 Å². The second kappa shape index (κ2) is 7.93. The molecule has 144 valence electrons. The summed E-state index contributed by atoms with van der Waals surface area (Å²) in [6.45, 7) is 4.16. The maximum atomic E-state index is 13.6. The van der Waals surface area contributed by atoms with Crippen LogP contribution in [0.5, 0.6) is 0 Å². The van der Waals surface area contributed by atoms with E-state index in [0.29, 0.717) is 37.4 Å². The molecule has 3 heterocycles. The van der Waals surface area contributed by atoms with Gasteiger partial charge in [0.2, 0.25) is 0 Å². The molecule has 8 heteroatoms. The molecule has 0 aliphatic carbocycles. The van der Waals surface area contributed by atoms with E-state index in [0.717, 1.165) is 16.4 Å². The van der Waals surface area contributed by atoms with Gasteiger partial charge >= 0.3 is 6.03 Å². The van der Waals surface area contributed by atoms with E-state index in [2.05, 4.69) is 20.4 Å². The lowest BCUT2D eigenvalue weighted by molar-refractivity contribution is 0.208. The van der Waals surface area contributed by atoms with Crippen LogP contribution in [-0.2, 0) is 0 Å². The predicted molar refractivity (Wildman–Crippen MR) is 109 cm³/mol. The van der Waals surface area contributed by atoms with Crippen molar-refractivity contribution in [3.63, 3.8) is 0 Å². The highest BCUT2D eigenvalue weighted by Crippen LogP contribution is 2.23. The summed E-state index contributed by atoms with van der Waals surface area (Å²) in [5, 5.41) is 13.4. The van der Waals surface area contributed by atoms with Crippen molar-refractivity contribution in [2.45, 2.75) is 6.92 Å². The number of halogens is 1. The molecule has 0 saturated carbocycles. The zero-order valence-corrected chi connectivity index (χ0v) is 16.2. The van der Waals surface area contributed by atoms with Gasteiger partial charge in [0.05, 0.1) is 4.88 Å². The van der Waals surface area contributed by atoms with E-state index in [1.165, 1.54) is 6.07 Å². The van der Waals surface area contributed by atoms with Crippen LogP contribution in [0.4, 0.5) is 20.7 Å². The Balaban J connectivity index is 1.33. The first-order valence-electron chi connectivity index (χ1n) is 9.05. The average Bonchev–Trinajstić information content (AvgIpc) is 3.26. The molecule has 0 unspecified atom stereocenters. The number of amides is 2. The minimum absolute atomic E-state index is 0.220. The Morgan fingerprint density at radius 2 is 1.93 bits per heavy atom. The molecule has 3 aromatic rings. The van der Waals surface area contributed by atoms with Gasteiger partial charge in [0.1, 0.15) is 11.5 Å². The van der Waals surface area contributed by atoms with Crippen LogP contribution in [0.1, 0.15) is 5.56 Å². The number of thiophene rings is 1. The van der Waals surface area contributed by atoms with Gasteiger partial charge in [-0.1, -0.05) is 12.1 Å². The van der Waals surface area contributed by atoms with Crippen LogP contribution < -0.4 is 10.2 Å². The van der Waals surface area contributed by atoms with Crippen molar-refractivity contribution >= 4 is 28.9 Å². The van der Waals surface area contributed by atoms with E-state index in [4.69, 9.17) is 0 Å². The number of piperazine rings is 1. The van der Waals surface area contributed by atoms with Crippen molar-refractivity contribution in [1.82, 2.24) is 15.1 Å². The van der Waals surface area contributed by atoms with Crippen LogP contribution in [0.15, 0.2) is 47.8 Å². The molecule has 28 heavy (non-hydrogen) atoms. The summed E-state index contributed by atoms with van der Waals surface area (Å²) in [4.78, 5) is 17.4. The standard InChI is InChI=1S/C20H20FN5OS/c1-14-4-5-15(13-16(14)21)22-20(27)26-10-8-25(9-11-26)19-7-6-17(23-24-19)18-3-2-12-28-18/h2-7,12-13H,8-11H2,1H3,(H,22,27). The zero-order chi connectivity index (χ0) is 19.5. The molecule has 0 spiro atoms. The Morgan fingerprint density at radius 3 is 2.57 bits per heavy atom. The van der Waals surface area contributed by atoms with Crippen LogP contribution in [0.25, 0.3) is 10.6 Å². The normalized spacial score (nSPS) is 14.2. The third kappa shape index (κ3) is 3.96. The molecule has 0 radical (unpaired) electrons. The number of aromatic nitrogens is 2. The molecular weight excluding hydrogens is 377 g/mol. The summed E-state index contributed by atoms with van der Waals surface area (Å²) in [6, 6.07) is 12.4. The number of hydrogen-bond acceptors (Lipinski definition) is 5. The smallest absolute Gasteiger partial charge is 0.321 e. The lowest BCUT2D eigenvalue weighted by atomic mass is 10.2. The lowest BCUT2D eigenvalue weighted by Crippen LogP contribution is -2.50. The molecule has 1 aliphatic heterocycles. The third-order valence-corrected chi connectivity index (χ3v) is 5.63. The largest absolute Gasteiger partial charge is 0.352 e. The van der Waals surface area contributed by atoms with E-state index < -0.39 is 0 Å². The number of rotatable bonds is 3. The molecule has 0 bridgehead atoms. The zero-order valence-electron chi connectivity index (χ0n) is 15.4. The van der Waals surface area contributed by atoms with Crippen molar-refractivity contribution in [2.75, 3.05) is 36.4 Å². The van der Waals surface area contributed by atoms with Crippen LogP contribution >= 0.6 is 11.3 Å². The van der Waals surface area contributed by atoms with Gasteiger partial charge in [0.15, 0.2) is 5.82 Å². The number of nitrogens with zero attached hydrogens (tertiary/aromatic N) is 4. The van der Waals surface area contributed by atoms with Crippen molar-refractivity contribution in [2.24, 2.45) is 0 Å². The topological polar surface area (TPSA) is 61.4 Å². The summed E-state index contributed by atoms with van der Waals surface area (Å²) in [7, 11) is 0. The first kappa shape index (κ1) is 18.4. The fraction of sp³-hybridized carbons (Fsp3) is 0.250. The highest BCUT2D eigenvalue weighted by molar-refractivity contribution is 7.13. The Morgan fingerprint density at radius 1 is 1.11 bits per heavy atom. The maximum absolute atomic E-state index is 13.6. The number of carbonyl (C=O) groups is 1. The monoisotopic (exact) mass is 397 g/mol. The molecule has 6 nitrogen and oxygen atoms in total. The number of carbonyl (C=O) groups excluding carboxylic acids is 1. The van der Waals surface area contributed by atoms with E-state index in [-0.39, 0.29) is 11.8 Å². The summed E-state index contributed by atoms with van der Waals surface area (Å²) < 4.78 is 13.6. The minimum atomic E-state index is -0.327. The summed E-state index contributed by atoms with van der Waals surface area (Å²) in [5.74, 6) is 0.480. The SMILES string of the molecule is Cc1ccc(NC(=O)N2CCN(c3ccc(-c4cccs4)nn3)CC2)cc1F. The van der Waals surface area contributed by atoms with Crippen molar-refractivity contribution < 1.29 is 9.18 Å². The molecule has 2 amide bonds. The number of urea groups is 1. The Kier molecular flexibility index (Phi) is 5.21. The molecule has 2 aromatic heterocycles. The van der Waals surface area contributed by atoms with Crippen molar-refractivity contribution in [3.8, 4) is 10.6 Å². The summed E-state index contributed by atoms with van der Waals surface area (Å²) in [6.07, 6.45) is 0. The highest BCUT2D eigenvalue weighted by atomic mass is 32.1. The number of aryl methyl sites for hydroxylation is 1. The van der Waals surface area contributed by atoms with Crippen LogP contribution in [0.3, 0.4) is 0 Å². The maximum Gasteiger partial charge on any atom is 0.321 e. The summed E-state index contributed by atoms with van der Waals surface area (Å²) >= 11 is 1.63. The molecular formula is C20H20FN5OS. The fourth-order valence-corrected chi connectivity index (χ4v) is 3.75. The van der Waals surface area contributed by atoms with E-state index in [1.54, 1.807) is 35.3 Å². The van der Waals surface area contributed by atoms with Crippen LogP contribution in [0.2, 0.25) is 0 Å². The second-order valence-electron chi connectivity index (χ2n) is 6.62. The molecule has 0 atom stereocenters. The first-order chi connectivity index (χ1) is 13.6. The minimum Gasteiger partial charge on any atom is -0.352 e. The quantitative estimate of drug-likeness (QED) is 0.726. The lowest BCUT2D eigenvalue weighted by Gasteiger charge is -2.35. The number of anilines is 2. The van der Waals surface area contributed by atoms with E-state index in [1.807, 2.05) is 29.6 Å². The predicted octanol–water partition coefficient (Wildman–Crippen LogP) is 4.01. The molecule has 4 rings (SSSR count). The molecule has 1 fully saturated rings. The number of benzene rings is 1. The Hall–Kier alpha value is -3.00. The van der Waals surface area contributed by atoms with Gasteiger partial charge in [-0.3, -0.25) is 0 Å². The third-order valence-electron chi connectivity index (χ3n) is 4.74. The van der Waals surface area contributed by atoms with Crippen LogP contribution in [-0.4, -0.2) is 47.3 Å². The Bertz CT molecular complexity index is 953.